The lowest BCUT2D eigenvalue weighted by atomic mass is 10.2. The van der Waals surface area contributed by atoms with Crippen molar-refractivity contribution in [3.8, 4) is 5.75 Å². The number of hydrogen-bond acceptors (Lipinski definition) is 6. The zero-order valence-corrected chi connectivity index (χ0v) is 18.5. The van der Waals surface area contributed by atoms with Gasteiger partial charge in [-0.3, -0.25) is 9.52 Å². The predicted octanol–water partition coefficient (Wildman–Crippen LogP) is 3.41. The van der Waals surface area contributed by atoms with Gasteiger partial charge in [-0.05, 0) is 50.2 Å². The third kappa shape index (κ3) is 4.12. The van der Waals surface area contributed by atoms with Crippen LogP contribution in [0.25, 0.3) is 5.65 Å². The quantitative estimate of drug-likeness (QED) is 0.464. The maximum atomic E-state index is 12.9. The minimum absolute atomic E-state index is 0.00844. The first-order valence-corrected chi connectivity index (χ1v) is 11.2. The lowest BCUT2D eigenvalue weighted by Gasteiger charge is -2.12. The second-order valence-electron chi connectivity index (χ2n) is 7.12. The predicted molar refractivity (Wildman–Crippen MR) is 121 cm³/mol. The number of benzene rings is 2. The highest BCUT2D eigenvalue weighted by atomic mass is 32.2. The van der Waals surface area contributed by atoms with Gasteiger partial charge in [0.1, 0.15) is 11.3 Å². The molecule has 2 heterocycles. The van der Waals surface area contributed by atoms with Crippen LogP contribution in [-0.2, 0) is 10.0 Å². The molecule has 0 aliphatic rings. The highest BCUT2D eigenvalue weighted by Gasteiger charge is 2.19. The summed E-state index contributed by atoms with van der Waals surface area (Å²) in [4.78, 5) is 17.3. The van der Waals surface area contributed by atoms with E-state index in [1.807, 2.05) is 19.9 Å². The number of carbonyl (C=O) groups is 1. The molecule has 0 aliphatic heterocycles. The maximum absolute atomic E-state index is 12.9. The number of carbonyl (C=O) groups excluding carboxylic acids is 1. The Hall–Kier alpha value is -3.92. The molecule has 2 aromatic heterocycles. The number of rotatable bonds is 6. The number of aryl methyl sites for hydroxylation is 2. The van der Waals surface area contributed by atoms with Crippen molar-refractivity contribution in [1.82, 2.24) is 14.6 Å². The highest BCUT2D eigenvalue weighted by Crippen LogP contribution is 2.27. The van der Waals surface area contributed by atoms with E-state index in [2.05, 4.69) is 20.1 Å². The van der Waals surface area contributed by atoms with Crippen LogP contribution in [-0.4, -0.2) is 36.0 Å². The maximum Gasteiger partial charge on any atom is 0.262 e. The SMILES string of the molecule is COc1ccccc1NS(=O)(=O)c1cccc(NC(=O)c2cnn3c(C)cc(C)nc23)c1. The second-order valence-corrected chi connectivity index (χ2v) is 8.80. The standard InChI is InChI=1S/C22H21N5O4S/c1-14-11-15(2)27-21(24-14)18(13-23-27)22(28)25-16-7-6-8-17(12-16)32(29,30)26-19-9-4-5-10-20(19)31-3/h4-13,26H,1-3H3,(H,25,28). The number of amides is 1. The Labute approximate surface area is 185 Å². The van der Waals surface area contributed by atoms with E-state index < -0.39 is 15.9 Å². The number of anilines is 2. The average molecular weight is 452 g/mol. The molecule has 164 valence electrons. The third-order valence-corrected chi connectivity index (χ3v) is 6.14. The third-order valence-electron chi connectivity index (χ3n) is 4.78. The fraction of sp³-hybridized carbons (Fsp3) is 0.136. The Kier molecular flexibility index (Phi) is 5.54. The van der Waals surface area contributed by atoms with Gasteiger partial charge in [0, 0.05) is 17.1 Å². The minimum Gasteiger partial charge on any atom is -0.495 e. The number of methoxy groups -OCH3 is 1. The number of aromatic nitrogens is 3. The van der Waals surface area contributed by atoms with Crippen LogP contribution in [0.15, 0.2) is 65.7 Å². The molecule has 0 radical (unpaired) electrons. The summed E-state index contributed by atoms with van der Waals surface area (Å²) in [6.07, 6.45) is 1.44. The monoisotopic (exact) mass is 451 g/mol. The molecule has 9 nitrogen and oxygen atoms in total. The van der Waals surface area contributed by atoms with Gasteiger partial charge in [0.2, 0.25) is 0 Å². The fourth-order valence-electron chi connectivity index (χ4n) is 3.30. The number of hydrogen-bond donors (Lipinski definition) is 2. The first-order chi connectivity index (χ1) is 15.3. The van der Waals surface area contributed by atoms with Crippen molar-refractivity contribution in [2.75, 3.05) is 17.1 Å². The van der Waals surface area contributed by atoms with Crippen LogP contribution in [0.3, 0.4) is 0 Å². The van der Waals surface area contributed by atoms with E-state index >= 15 is 0 Å². The molecule has 2 N–H and O–H groups in total. The van der Waals surface area contributed by atoms with Crippen LogP contribution in [0.5, 0.6) is 5.75 Å². The molecule has 10 heteroatoms. The topological polar surface area (TPSA) is 115 Å². The van der Waals surface area contributed by atoms with Gasteiger partial charge in [-0.1, -0.05) is 18.2 Å². The van der Waals surface area contributed by atoms with Crippen LogP contribution >= 0.6 is 0 Å². The molecule has 0 aliphatic carbocycles. The number of fused-ring (bicyclic) bond motifs is 1. The van der Waals surface area contributed by atoms with Gasteiger partial charge >= 0.3 is 0 Å². The van der Waals surface area contributed by atoms with Crippen molar-refractivity contribution in [3.05, 3.63) is 77.7 Å². The van der Waals surface area contributed by atoms with Crippen LogP contribution in [0, 0.1) is 13.8 Å². The number of nitrogens with one attached hydrogen (secondary N) is 2. The van der Waals surface area contributed by atoms with Gasteiger partial charge in [0.15, 0.2) is 5.65 Å². The lowest BCUT2D eigenvalue weighted by Crippen LogP contribution is -2.15. The molecule has 0 unspecified atom stereocenters. The Morgan fingerprint density at radius 1 is 1.06 bits per heavy atom. The summed E-state index contributed by atoms with van der Waals surface area (Å²) < 4.78 is 35.1. The van der Waals surface area contributed by atoms with E-state index in [4.69, 9.17) is 4.74 Å². The molecule has 0 fully saturated rings. The summed E-state index contributed by atoms with van der Waals surface area (Å²) in [6, 6.07) is 14.5. The van der Waals surface area contributed by atoms with E-state index in [1.54, 1.807) is 40.9 Å². The van der Waals surface area contributed by atoms with Crippen molar-refractivity contribution >= 4 is 33.0 Å². The number of ether oxygens (including phenoxy) is 1. The average Bonchev–Trinajstić information content (AvgIpc) is 3.18. The van der Waals surface area contributed by atoms with E-state index in [0.29, 0.717) is 22.8 Å². The van der Waals surface area contributed by atoms with Crippen molar-refractivity contribution in [1.29, 1.82) is 0 Å². The second kappa shape index (κ2) is 8.31. The summed E-state index contributed by atoms with van der Waals surface area (Å²) in [5.74, 6) is -0.0450. The first kappa shape index (κ1) is 21.3. The van der Waals surface area contributed by atoms with E-state index in [0.717, 1.165) is 11.4 Å². The zero-order chi connectivity index (χ0) is 22.9. The van der Waals surface area contributed by atoms with E-state index in [9.17, 15) is 13.2 Å². The minimum atomic E-state index is -3.91. The molecule has 0 saturated carbocycles. The van der Waals surface area contributed by atoms with Crippen LogP contribution in [0.4, 0.5) is 11.4 Å². The number of sulfonamides is 1. The molecular weight excluding hydrogens is 430 g/mol. The highest BCUT2D eigenvalue weighted by molar-refractivity contribution is 7.92. The Balaban J connectivity index is 1.60. The fourth-order valence-corrected chi connectivity index (χ4v) is 4.42. The molecule has 0 atom stereocenters. The summed E-state index contributed by atoms with van der Waals surface area (Å²) in [5, 5.41) is 6.94. The number of para-hydroxylation sites is 2. The zero-order valence-electron chi connectivity index (χ0n) is 17.7. The first-order valence-electron chi connectivity index (χ1n) is 9.68. The molecule has 0 spiro atoms. The Bertz CT molecular complexity index is 1430. The molecule has 4 rings (SSSR count). The summed E-state index contributed by atoms with van der Waals surface area (Å²) >= 11 is 0. The smallest absolute Gasteiger partial charge is 0.262 e. The lowest BCUT2D eigenvalue weighted by molar-refractivity contribution is 0.102. The molecule has 2 aromatic carbocycles. The van der Waals surface area contributed by atoms with Crippen molar-refractivity contribution in [3.63, 3.8) is 0 Å². The molecule has 32 heavy (non-hydrogen) atoms. The summed E-state index contributed by atoms with van der Waals surface area (Å²) in [6.45, 7) is 3.71. The van der Waals surface area contributed by atoms with Gasteiger partial charge in [-0.15, -0.1) is 0 Å². The summed E-state index contributed by atoms with van der Waals surface area (Å²) in [5.41, 5.74) is 2.97. The normalized spacial score (nSPS) is 11.3. The molecule has 0 saturated heterocycles. The summed E-state index contributed by atoms with van der Waals surface area (Å²) in [7, 11) is -2.45. The molecule has 0 bridgehead atoms. The van der Waals surface area contributed by atoms with Crippen molar-refractivity contribution < 1.29 is 17.9 Å². The Morgan fingerprint density at radius 2 is 1.84 bits per heavy atom. The van der Waals surface area contributed by atoms with Crippen LogP contribution in [0.1, 0.15) is 21.7 Å². The van der Waals surface area contributed by atoms with E-state index in [-0.39, 0.29) is 10.5 Å². The van der Waals surface area contributed by atoms with Crippen molar-refractivity contribution in [2.45, 2.75) is 18.7 Å². The largest absolute Gasteiger partial charge is 0.495 e. The van der Waals surface area contributed by atoms with E-state index in [1.165, 1.54) is 25.4 Å². The van der Waals surface area contributed by atoms with Crippen molar-refractivity contribution in [2.24, 2.45) is 0 Å². The molecule has 4 aromatic rings. The molecular formula is C22H21N5O4S. The van der Waals surface area contributed by atoms with Crippen LogP contribution < -0.4 is 14.8 Å². The van der Waals surface area contributed by atoms with Gasteiger partial charge in [-0.2, -0.15) is 5.10 Å². The molecule has 1 amide bonds. The van der Waals surface area contributed by atoms with Gasteiger partial charge in [-0.25, -0.2) is 17.9 Å². The van der Waals surface area contributed by atoms with Crippen LogP contribution in [0.2, 0.25) is 0 Å². The number of nitrogens with zero attached hydrogens (tertiary/aromatic N) is 3. The van der Waals surface area contributed by atoms with Gasteiger partial charge in [0.25, 0.3) is 15.9 Å². The van der Waals surface area contributed by atoms with Gasteiger partial charge in [0.05, 0.1) is 23.9 Å². The van der Waals surface area contributed by atoms with Gasteiger partial charge < -0.3 is 10.1 Å². The Morgan fingerprint density at radius 3 is 2.62 bits per heavy atom.